The first-order valence-electron chi connectivity index (χ1n) is 9.58. The van der Waals surface area contributed by atoms with Crippen molar-refractivity contribution in [1.29, 1.82) is 0 Å². The van der Waals surface area contributed by atoms with Crippen molar-refractivity contribution in [2.24, 2.45) is 0 Å². The molecule has 158 valence electrons. The zero-order valence-corrected chi connectivity index (χ0v) is 16.2. The molecule has 1 saturated heterocycles. The van der Waals surface area contributed by atoms with Crippen LogP contribution in [0.2, 0.25) is 0 Å². The van der Waals surface area contributed by atoms with Crippen molar-refractivity contribution >= 4 is 17.0 Å². The minimum absolute atomic E-state index is 0.0983. The fraction of sp³-hybridized carbons (Fsp3) is 0.381. The molecule has 2 aromatic heterocycles. The second kappa shape index (κ2) is 7.70. The highest BCUT2D eigenvalue weighted by atomic mass is 19.4. The molecule has 1 aromatic carbocycles. The normalized spacial score (nSPS) is 17.5. The Morgan fingerprint density at radius 1 is 1.27 bits per heavy atom. The zero-order chi connectivity index (χ0) is 21.5. The molecule has 1 atom stereocenters. The average molecular weight is 421 g/mol. The van der Waals surface area contributed by atoms with Crippen molar-refractivity contribution < 1.29 is 26.9 Å². The van der Waals surface area contributed by atoms with Gasteiger partial charge in [0.15, 0.2) is 0 Å². The number of halogens is 4. The molecule has 0 saturated carbocycles. The Morgan fingerprint density at radius 2 is 2.00 bits per heavy atom. The number of carbonyl (C=O) groups excluding carboxylic acids is 1. The van der Waals surface area contributed by atoms with E-state index in [0.717, 1.165) is 6.07 Å². The molecule has 4 rings (SSSR count). The Hall–Kier alpha value is -2.97. The van der Waals surface area contributed by atoms with Crippen LogP contribution in [0.1, 0.15) is 41.3 Å². The molecule has 1 amide bonds. The first-order chi connectivity index (χ1) is 14.2. The van der Waals surface area contributed by atoms with Crippen LogP contribution in [0.15, 0.2) is 34.9 Å². The minimum Gasteiger partial charge on any atom is -0.342 e. The number of benzene rings is 1. The van der Waals surface area contributed by atoms with Gasteiger partial charge in [-0.2, -0.15) is 13.2 Å². The molecule has 1 aliphatic rings. The van der Waals surface area contributed by atoms with Crippen molar-refractivity contribution in [3.8, 4) is 0 Å². The zero-order valence-electron chi connectivity index (χ0n) is 16.2. The van der Waals surface area contributed by atoms with Gasteiger partial charge >= 0.3 is 6.18 Å². The van der Waals surface area contributed by atoms with Gasteiger partial charge in [-0.05, 0) is 43.5 Å². The summed E-state index contributed by atoms with van der Waals surface area (Å²) in [5, 5.41) is 3.77. The van der Waals surface area contributed by atoms with Crippen LogP contribution in [0.4, 0.5) is 17.6 Å². The lowest BCUT2D eigenvalue weighted by Crippen LogP contribution is -2.40. The average Bonchev–Trinajstić information content (AvgIpc) is 3.12. The van der Waals surface area contributed by atoms with Gasteiger partial charge in [0.2, 0.25) is 5.91 Å². The molecule has 3 heterocycles. The molecule has 1 aliphatic heterocycles. The highest BCUT2D eigenvalue weighted by molar-refractivity contribution is 5.82. The molecule has 1 fully saturated rings. The van der Waals surface area contributed by atoms with Gasteiger partial charge in [0.05, 0.1) is 23.1 Å². The van der Waals surface area contributed by atoms with Gasteiger partial charge in [-0.15, -0.1) is 0 Å². The van der Waals surface area contributed by atoms with Crippen LogP contribution in [0, 0.1) is 12.7 Å². The van der Waals surface area contributed by atoms with Gasteiger partial charge in [-0.3, -0.25) is 4.79 Å². The molecule has 0 unspecified atom stereocenters. The van der Waals surface area contributed by atoms with E-state index in [1.54, 1.807) is 17.0 Å². The standard InChI is InChI=1S/C21H19F4N3O2/c1-12-9-16(21(23,24)25)18-19(27-30-20(18)26-12)14-3-2-8-28(11-14)17(29)10-13-4-6-15(22)7-5-13/h4-7,9,14H,2-3,8,10-11H2,1H3/t14-/m1/s1. The number of hydrogen-bond acceptors (Lipinski definition) is 4. The van der Waals surface area contributed by atoms with Crippen LogP contribution >= 0.6 is 0 Å². The van der Waals surface area contributed by atoms with Gasteiger partial charge in [0.25, 0.3) is 5.71 Å². The molecular formula is C21H19F4N3O2. The lowest BCUT2D eigenvalue weighted by molar-refractivity contribution is -0.136. The number of amides is 1. The van der Waals surface area contributed by atoms with E-state index in [2.05, 4.69) is 10.1 Å². The molecule has 3 aromatic rings. The van der Waals surface area contributed by atoms with Crippen LogP contribution in [-0.2, 0) is 17.4 Å². The number of rotatable bonds is 3. The third-order valence-electron chi connectivity index (χ3n) is 5.34. The highest BCUT2D eigenvalue weighted by Gasteiger charge is 2.38. The summed E-state index contributed by atoms with van der Waals surface area (Å²) in [5.41, 5.74) is 0.0823. The first kappa shape index (κ1) is 20.3. The second-order valence-corrected chi connectivity index (χ2v) is 7.54. The van der Waals surface area contributed by atoms with E-state index >= 15 is 0 Å². The van der Waals surface area contributed by atoms with Gasteiger partial charge in [-0.1, -0.05) is 17.3 Å². The molecule has 0 bridgehead atoms. The molecule has 0 N–H and O–H groups in total. The molecule has 0 spiro atoms. The summed E-state index contributed by atoms with van der Waals surface area (Å²) in [4.78, 5) is 18.4. The van der Waals surface area contributed by atoms with Crippen LogP contribution in [-0.4, -0.2) is 34.0 Å². The Balaban J connectivity index is 1.60. The number of aromatic nitrogens is 2. The Kier molecular flexibility index (Phi) is 5.21. The van der Waals surface area contributed by atoms with E-state index in [-0.39, 0.29) is 53.1 Å². The number of fused-ring (bicyclic) bond motifs is 1. The van der Waals surface area contributed by atoms with E-state index in [0.29, 0.717) is 24.9 Å². The third-order valence-corrected chi connectivity index (χ3v) is 5.34. The molecule has 30 heavy (non-hydrogen) atoms. The summed E-state index contributed by atoms with van der Waals surface area (Å²) in [6.07, 6.45) is -3.25. The van der Waals surface area contributed by atoms with E-state index in [1.165, 1.54) is 19.1 Å². The van der Waals surface area contributed by atoms with Gasteiger partial charge < -0.3 is 9.42 Å². The van der Waals surface area contributed by atoms with Gasteiger partial charge in [-0.25, -0.2) is 9.37 Å². The molecule has 5 nitrogen and oxygen atoms in total. The fourth-order valence-corrected chi connectivity index (χ4v) is 3.91. The number of hydrogen-bond donors (Lipinski definition) is 0. The maximum absolute atomic E-state index is 13.6. The smallest absolute Gasteiger partial charge is 0.342 e. The Labute approximate surface area is 169 Å². The van der Waals surface area contributed by atoms with E-state index in [9.17, 15) is 22.4 Å². The van der Waals surface area contributed by atoms with Crippen LogP contribution < -0.4 is 0 Å². The number of piperidine rings is 1. The lowest BCUT2D eigenvalue weighted by Gasteiger charge is -2.32. The maximum atomic E-state index is 13.6. The van der Waals surface area contributed by atoms with Crippen LogP contribution in [0.5, 0.6) is 0 Å². The van der Waals surface area contributed by atoms with Gasteiger partial charge in [0.1, 0.15) is 5.82 Å². The molecule has 0 aliphatic carbocycles. The SMILES string of the molecule is Cc1cc(C(F)(F)F)c2c([C@@H]3CCCN(C(=O)Cc4ccc(F)cc4)C3)noc2n1. The fourth-order valence-electron chi connectivity index (χ4n) is 3.91. The van der Waals surface area contributed by atoms with Crippen molar-refractivity contribution in [3.63, 3.8) is 0 Å². The number of nitrogens with zero attached hydrogens (tertiary/aromatic N) is 3. The summed E-state index contributed by atoms with van der Waals surface area (Å²) in [6.45, 7) is 2.22. The maximum Gasteiger partial charge on any atom is 0.417 e. The van der Waals surface area contributed by atoms with Crippen molar-refractivity contribution in [2.45, 2.75) is 38.3 Å². The summed E-state index contributed by atoms with van der Waals surface area (Å²) < 4.78 is 59.0. The van der Waals surface area contributed by atoms with Crippen molar-refractivity contribution in [3.05, 3.63) is 58.7 Å². The number of likely N-dealkylation sites (tertiary alicyclic amines) is 1. The highest BCUT2D eigenvalue weighted by Crippen LogP contribution is 2.40. The molecular weight excluding hydrogens is 402 g/mol. The van der Waals surface area contributed by atoms with Crippen LogP contribution in [0.25, 0.3) is 11.1 Å². The lowest BCUT2D eigenvalue weighted by atomic mass is 9.91. The summed E-state index contributed by atoms with van der Waals surface area (Å²) in [5.74, 6) is -0.932. The largest absolute Gasteiger partial charge is 0.417 e. The number of alkyl halides is 3. The Morgan fingerprint density at radius 3 is 2.70 bits per heavy atom. The Bertz CT molecular complexity index is 1080. The topological polar surface area (TPSA) is 59.2 Å². The third kappa shape index (κ3) is 4.01. The van der Waals surface area contributed by atoms with Crippen molar-refractivity contribution in [2.75, 3.05) is 13.1 Å². The predicted molar refractivity (Wildman–Crippen MR) is 100 cm³/mol. The molecule has 9 heteroatoms. The van der Waals surface area contributed by atoms with Crippen LogP contribution in [0.3, 0.4) is 0 Å². The second-order valence-electron chi connectivity index (χ2n) is 7.54. The summed E-state index contributed by atoms with van der Waals surface area (Å²) in [6, 6.07) is 6.66. The number of carbonyl (C=O) groups is 1. The van der Waals surface area contributed by atoms with Crippen molar-refractivity contribution in [1.82, 2.24) is 15.0 Å². The number of pyridine rings is 1. The first-order valence-corrected chi connectivity index (χ1v) is 9.58. The molecule has 0 radical (unpaired) electrons. The summed E-state index contributed by atoms with van der Waals surface area (Å²) >= 11 is 0. The summed E-state index contributed by atoms with van der Waals surface area (Å²) in [7, 11) is 0. The van der Waals surface area contributed by atoms with E-state index in [4.69, 9.17) is 4.52 Å². The predicted octanol–water partition coefficient (Wildman–Crippen LogP) is 4.64. The number of aryl methyl sites for hydroxylation is 1. The minimum atomic E-state index is -4.57. The van der Waals surface area contributed by atoms with E-state index < -0.39 is 11.7 Å². The monoisotopic (exact) mass is 421 g/mol. The van der Waals surface area contributed by atoms with Gasteiger partial charge in [0, 0.05) is 24.7 Å². The van der Waals surface area contributed by atoms with E-state index in [1.807, 2.05) is 0 Å². The quantitative estimate of drug-likeness (QED) is 0.579.